The molecule has 98 valence electrons. The van der Waals surface area contributed by atoms with Crippen LogP contribution in [0.5, 0.6) is 5.75 Å². The van der Waals surface area contributed by atoms with Gasteiger partial charge in [0.1, 0.15) is 5.75 Å². The summed E-state index contributed by atoms with van der Waals surface area (Å²) in [5.41, 5.74) is 0.820. The maximum atomic E-state index is 10.4. The number of halogens is 1. The highest BCUT2D eigenvalue weighted by atomic mass is 79.9. The van der Waals surface area contributed by atoms with Gasteiger partial charge in [0, 0.05) is 6.08 Å². The molecule has 1 aromatic rings. The zero-order valence-electron chi connectivity index (χ0n) is 10.5. The van der Waals surface area contributed by atoms with Crippen LogP contribution in [0.25, 0.3) is 6.08 Å². The van der Waals surface area contributed by atoms with Crippen LogP contribution in [0.2, 0.25) is 0 Å². The van der Waals surface area contributed by atoms with Gasteiger partial charge in [-0.1, -0.05) is 26.3 Å². The van der Waals surface area contributed by atoms with Gasteiger partial charge in [-0.15, -0.1) is 0 Å². The Labute approximate surface area is 116 Å². The lowest BCUT2D eigenvalue weighted by atomic mass is 10.1. The van der Waals surface area contributed by atoms with Crippen LogP contribution >= 0.6 is 15.9 Å². The Morgan fingerprint density at radius 2 is 2.28 bits per heavy atom. The molecule has 0 fully saturated rings. The Morgan fingerprint density at radius 1 is 1.56 bits per heavy atom. The van der Waals surface area contributed by atoms with Crippen molar-refractivity contribution in [2.45, 2.75) is 20.3 Å². The summed E-state index contributed by atoms with van der Waals surface area (Å²) in [4.78, 5) is 10.4. The Bertz CT molecular complexity index is 441. The van der Waals surface area contributed by atoms with Crippen molar-refractivity contribution in [2.75, 3.05) is 6.61 Å². The van der Waals surface area contributed by atoms with Crippen LogP contribution in [0.15, 0.2) is 28.7 Å². The molecule has 0 aliphatic carbocycles. The number of benzene rings is 1. The van der Waals surface area contributed by atoms with Crippen molar-refractivity contribution in [2.24, 2.45) is 5.92 Å². The summed E-state index contributed by atoms with van der Waals surface area (Å²) >= 11 is 3.42. The number of ether oxygens (including phenoxy) is 1. The van der Waals surface area contributed by atoms with E-state index in [1.165, 1.54) is 0 Å². The highest BCUT2D eigenvalue weighted by Gasteiger charge is 2.04. The summed E-state index contributed by atoms with van der Waals surface area (Å²) in [6.45, 7) is 4.94. The molecular weight excluding hydrogens is 296 g/mol. The number of aliphatic carboxylic acids is 1. The molecule has 0 saturated heterocycles. The lowest BCUT2D eigenvalue weighted by Crippen LogP contribution is -2.07. The first-order valence-corrected chi connectivity index (χ1v) is 6.65. The predicted octanol–water partition coefficient (Wildman–Crippen LogP) is 3.97. The summed E-state index contributed by atoms with van der Waals surface area (Å²) in [5, 5.41) is 8.55. The highest BCUT2D eigenvalue weighted by Crippen LogP contribution is 2.27. The SMILES string of the molecule is CCC(C)COc1ccc(C=CC(=O)O)cc1Br. The lowest BCUT2D eigenvalue weighted by Gasteiger charge is -2.12. The van der Waals surface area contributed by atoms with E-state index >= 15 is 0 Å². The first kappa shape index (κ1) is 14.8. The van der Waals surface area contributed by atoms with E-state index in [-0.39, 0.29) is 0 Å². The van der Waals surface area contributed by atoms with Gasteiger partial charge in [-0.05, 0) is 45.6 Å². The standard InChI is InChI=1S/C14H17BrO3/c1-3-10(2)9-18-13-6-4-11(8-12(13)15)5-7-14(16)17/h4-8,10H,3,9H2,1-2H3,(H,16,17). The van der Waals surface area contributed by atoms with Gasteiger partial charge in [-0.2, -0.15) is 0 Å². The van der Waals surface area contributed by atoms with Gasteiger partial charge in [0.25, 0.3) is 0 Å². The second-order valence-corrected chi connectivity index (χ2v) is 5.04. The number of carboxylic acids is 1. The van der Waals surface area contributed by atoms with Crippen molar-refractivity contribution in [3.8, 4) is 5.75 Å². The van der Waals surface area contributed by atoms with Gasteiger partial charge >= 0.3 is 5.97 Å². The second kappa shape index (κ2) is 7.21. The van der Waals surface area contributed by atoms with Crippen LogP contribution in [-0.2, 0) is 4.79 Å². The van der Waals surface area contributed by atoms with E-state index < -0.39 is 5.97 Å². The van der Waals surface area contributed by atoms with E-state index in [2.05, 4.69) is 29.8 Å². The largest absolute Gasteiger partial charge is 0.492 e. The molecule has 0 heterocycles. The molecule has 1 N–H and O–H groups in total. The molecule has 0 spiro atoms. The number of carbonyl (C=O) groups is 1. The summed E-state index contributed by atoms with van der Waals surface area (Å²) in [6.07, 6.45) is 3.74. The summed E-state index contributed by atoms with van der Waals surface area (Å²) in [7, 11) is 0. The molecule has 0 aromatic heterocycles. The van der Waals surface area contributed by atoms with E-state index in [0.29, 0.717) is 12.5 Å². The molecule has 1 atom stereocenters. The summed E-state index contributed by atoms with van der Waals surface area (Å²) < 4.78 is 6.51. The molecule has 1 unspecified atom stereocenters. The van der Waals surface area contributed by atoms with E-state index in [1.807, 2.05) is 18.2 Å². The van der Waals surface area contributed by atoms with Gasteiger partial charge in [0.05, 0.1) is 11.1 Å². The third-order valence-electron chi connectivity index (χ3n) is 2.59. The molecule has 0 saturated carbocycles. The minimum Gasteiger partial charge on any atom is -0.492 e. The molecule has 0 aliphatic heterocycles. The fourth-order valence-electron chi connectivity index (χ4n) is 1.26. The Morgan fingerprint density at radius 3 is 2.83 bits per heavy atom. The number of hydrogen-bond donors (Lipinski definition) is 1. The van der Waals surface area contributed by atoms with Gasteiger partial charge in [-0.25, -0.2) is 4.79 Å². The number of hydrogen-bond acceptors (Lipinski definition) is 2. The first-order valence-electron chi connectivity index (χ1n) is 5.86. The number of carboxylic acid groups (broad SMARTS) is 1. The van der Waals surface area contributed by atoms with Crippen molar-refractivity contribution >= 4 is 28.0 Å². The fourth-order valence-corrected chi connectivity index (χ4v) is 1.77. The molecule has 4 heteroatoms. The second-order valence-electron chi connectivity index (χ2n) is 4.19. The van der Waals surface area contributed by atoms with Crippen LogP contribution in [0.4, 0.5) is 0 Å². The average Bonchev–Trinajstić information content (AvgIpc) is 2.34. The van der Waals surface area contributed by atoms with Crippen molar-refractivity contribution in [1.82, 2.24) is 0 Å². The lowest BCUT2D eigenvalue weighted by molar-refractivity contribution is -0.131. The molecular formula is C14H17BrO3. The normalized spacial score (nSPS) is 12.6. The number of rotatable bonds is 6. The average molecular weight is 313 g/mol. The molecule has 0 amide bonds. The van der Waals surface area contributed by atoms with E-state index in [0.717, 1.165) is 28.3 Å². The highest BCUT2D eigenvalue weighted by molar-refractivity contribution is 9.10. The maximum absolute atomic E-state index is 10.4. The Hall–Kier alpha value is -1.29. The minimum absolute atomic E-state index is 0.517. The smallest absolute Gasteiger partial charge is 0.328 e. The van der Waals surface area contributed by atoms with Crippen LogP contribution in [0, 0.1) is 5.92 Å². The summed E-state index contributed by atoms with van der Waals surface area (Å²) in [6, 6.07) is 5.51. The molecule has 0 radical (unpaired) electrons. The van der Waals surface area contributed by atoms with E-state index in [4.69, 9.17) is 9.84 Å². The predicted molar refractivity (Wildman–Crippen MR) is 75.8 cm³/mol. The van der Waals surface area contributed by atoms with Gasteiger partial charge < -0.3 is 9.84 Å². The van der Waals surface area contributed by atoms with Gasteiger partial charge in [-0.3, -0.25) is 0 Å². The molecule has 1 aromatic carbocycles. The van der Waals surface area contributed by atoms with E-state index in [9.17, 15) is 4.79 Å². The van der Waals surface area contributed by atoms with Crippen LogP contribution in [-0.4, -0.2) is 17.7 Å². The molecule has 1 rings (SSSR count). The zero-order chi connectivity index (χ0) is 13.5. The molecule has 18 heavy (non-hydrogen) atoms. The van der Waals surface area contributed by atoms with Crippen molar-refractivity contribution < 1.29 is 14.6 Å². The third-order valence-corrected chi connectivity index (χ3v) is 3.21. The Balaban J connectivity index is 2.70. The molecule has 0 bridgehead atoms. The van der Waals surface area contributed by atoms with Crippen LogP contribution in [0.1, 0.15) is 25.8 Å². The Kier molecular flexibility index (Phi) is 5.92. The molecule has 3 nitrogen and oxygen atoms in total. The van der Waals surface area contributed by atoms with Crippen molar-refractivity contribution in [1.29, 1.82) is 0 Å². The minimum atomic E-state index is -0.955. The fraction of sp³-hybridized carbons (Fsp3) is 0.357. The van der Waals surface area contributed by atoms with E-state index in [1.54, 1.807) is 6.08 Å². The quantitative estimate of drug-likeness (QED) is 0.808. The monoisotopic (exact) mass is 312 g/mol. The summed E-state index contributed by atoms with van der Waals surface area (Å²) in [5.74, 6) is 0.342. The van der Waals surface area contributed by atoms with Gasteiger partial charge in [0.15, 0.2) is 0 Å². The van der Waals surface area contributed by atoms with Gasteiger partial charge in [0.2, 0.25) is 0 Å². The molecule has 0 aliphatic rings. The van der Waals surface area contributed by atoms with Crippen LogP contribution < -0.4 is 4.74 Å². The third kappa shape index (κ3) is 4.92. The van der Waals surface area contributed by atoms with Crippen molar-refractivity contribution in [3.63, 3.8) is 0 Å². The topological polar surface area (TPSA) is 46.5 Å². The zero-order valence-corrected chi connectivity index (χ0v) is 12.1. The maximum Gasteiger partial charge on any atom is 0.328 e. The van der Waals surface area contributed by atoms with Crippen molar-refractivity contribution in [3.05, 3.63) is 34.3 Å². The first-order chi connectivity index (χ1) is 8.52. The van der Waals surface area contributed by atoms with Crippen LogP contribution in [0.3, 0.4) is 0 Å².